The van der Waals surface area contributed by atoms with Crippen LogP contribution in [0.2, 0.25) is 0 Å². The number of carbonyl (C=O) groups excluding carboxylic acids is 1. The van der Waals surface area contributed by atoms with Crippen LogP contribution in [-0.2, 0) is 9.53 Å². The number of esters is 1. The van der Waals surface area contributed by atoms with E-state index in [4.69, 9.17) is 4.74 Å². The van der Waals surface area contributed by atoms with Gasteiger partial charge in [0.25, 0.3) is 0 Å². The van der Waals surface area contributed by atoms with Crippen LogP contribution in [0.3, 0.4) is 0 Å². The Labute approximate surface area is 86.3 Å². The maximum Gasteiger partial charge on any atom is 0.333 e. The molecule has 1 fully saturated rings. The van der Waals surface area contributed by atoms with Crippen LogP contribution in [0.15, 0.2) is 12.2 Å². The molecule has 0 aromatic heterocycles. The lowest BCUT2D eigenvalue weighted by atomic mass is 9.91. The van der Waals surface area contributed by atoms with Crippen LogP contribution >= 0.6 is 0 Å². The lowest BCUT2D eigenvalue weighted by Crippen LogP contribution is -2.13. The number of carbonyl (C=O) groups is 1. The Morgan fingerprint density at radius 3 is 2.64 bits per heavy atom. The second-order valence-corrected chi connectivity index (χ2v) is 5.15. The summed E-state index contributed by atoms with van der Waals surface area (Å²) in [6.07, 6.45) is 3.58. The van der Waals surface area contributed by atoms with Crippen LogP contribution in [0.5, 0.6) is 0 Å². The second-order valence-electron chi connectivity index (χ2n) is 5.15. The van der Waals surface area contributed by atoms with Crippen molar-refractivity contribution in [1.82, 2.24) is 0 Å². The zero-order chi connectivity index (χ0) is 10.8. The highest BCUT2D eigenvalue weighted by atomic mass is 16.5. The summed E-state index contributed by atoms with van der Waals surface area (Å²) in [7, 11) is 0. The van der Waals surface area contributed by atoms with Gasteiger partial charge in [-0.15, -0.1) is 0 Å². The van der Waals surface area contributed by atoms with E-state index in [1.54, 1.807) is 6.92 Å². The molecule has 0 aromatic carbocycles. The Morgan fingerprint density at radius 1 is 1.57 bits per heavy atom. The third-order valence-corrected chi connectivity index (χ3v) is 2.87. The van der Waals surface area contributed by atoms with Gasteiger partial charge in [0.1, 0.15) is 0 Å². The fourth-order valence-corrected chi connectivity index (χ4v) is 2.04. The van der Waals surface area contributed by atoms with Crippen molar-refractivity contribution in [3.05, 3.63) is 12.2 Å². The van der Waals surface area contributed by atoms with Crippen LogP contribution in [0.1, 0.15) is 40.0 Å². The van der Waals surface area contributed by atoms with E-state index < -0.39 is 0 Å². The number of hydrogen-bond donors (Lipinski definition) is 0. The molecule has 1 unspecified atom stereocenters. The molecule has 0 heterocycles. The number of ether oxygens (including phenoxy) is 1. The molecule has 2 nitrogen and oxygen atoms in total. The van der Waals surface area contributed by atoms with E-state index in [-0.39, 0.29) is 5.97 Å². The molecule has 0 N–H and O–H groups in total. The summed E-state index contributed by atoms with van der Waals surface area (Å²) >= 11 is 0. The zero-order valence-corrected chi connectivity index (χ0v) is 9.43. The highest BCUT2D eigenvalue weighted by molar-refractivity contribution is 5.86. The van der Waals surface area contributed by atoms with Gasteiger partial charge in [0.15, 0.2) is 0 Å². The molecule has 2 heteroatoms. The van der Waals surface area contributed by atoms with Crippen molar-refractivity contribution in [2.24, 2.45) is 11.3 Å². The first-order valence-electron chi connectivity index (χ1n) is 5.23. The quantitative estimate of drug-likeness (QED) is 0.512. The first-order chi connectivity index (χ1) is 6.41. The van der Waals surface area contributed by atoms with E-state index in [9.17, 15) is 4.79 Å². The summed E-state index contributed by atoms with van der Waals surface area (Å²) < 4.78 is 5.14. The molecule has 0 bridgehead atoms. The summed E-state index contributed by atoms with van der Waals surface area (Å²) in [4.78, 5) is 11.1. The Morgan fingerprint density at radius 2 is 2.21 bits per heavy atom. The van der Waals surface area contributed by atoms with Crippen molar-refractivity contribution in [1.29, 1.82) is 0 Å². The fraction of sp³-hybridized carbons (Fsp3) is 0.750. The maximum absolute atomic E-state index is 11.1. The monoisotopic (exact) mass is 196 g/mol. The van der Waals surface area contributed by atoms with Gasteiger partial charge in [0, 0.05) is 5.57 Å². The summed E-state index contributed by atoms with van der Waals surface area (Å²) in [5, 5.41) is 0. The highest BCUT2D eigenvalue weighted by Crippen LogP contribution is 2.40. The molecular weight excluding hydrogens is 176 g/mol. The van der Waals surface area contributed by atoms with Crippen molar-refractivity contribution < 1.29 is 9.53 Å². The molecule has 1 aliphatic carbocycles. The standard InChI is InChI=1S/C12H20O2/c1-9(2)11(13)14-8-10-5-6-12(3,4)7-10/h10H,1,5-8H2,2-4H3. The minimum absolute atomic E-state index is 0.255. The summed E-state index contributed by atoms with van der Waals surface area (Å²) in [6, 6.07) is 0. The minimum Gasteiger partial charge on any atom is -0.462 e. The topological polar surface area (TPSA) is 26.3 Å². The fourth-order valence-electron chi connectivity index (χ4n) is 2.04. The van der Waals surface area contributed by atoms with E-state index in [2.05, 4.69) is 20.4 Å². The molecule has 1 rings (SSSR count). The number of rotatable bonds is 3. The summed E-state index contributed by atoms with van der Waals surface area (Å²) in [6.45, 7) is 10.3. The predicted molar refractivity (Wildman–Crippen MR) is 56.9 cm³/mol. The SMILES string of the molecule is C=C(C)C(=O)OCC1CCC(C)(C)C1. The van der Waals surface area contributed by atoms with Crippen LogP contribution in [-0.4, -0.2) is 12.6 Å². The first-order valence-corrected chi connectivity index (χ1v) is 5.23. The molecule has 14 heavy (non-hydrogen) atoms. The smallest absolute Gasteiger partial charge is 0.333 e. The normalized spacial score (nSPS) is 24.6. The Hall–Kier alpha value is -0.790. The van der Waals surface area contributed by atoms with Crippen molar-refractivity contribution in [2.45, 2.75) is 40.0 Å². The summed E-state index contributed by atoms with van der Waals surface area (Å²) in [5.41, 5.74) is 0.919. The van der Waals surface area contributed by atoms with Crippen LogP contribution < -0.4 is 0 Å². The van der Waals surface area contributed by atoms with Crippen molar-refractivity contribution in [3.63, 3.8) is 0 Å². The zero-order valence-electron chi connectivity index (χ0n) is 9.43. The third-order valence-electron chi connectivity index (χ3n) is 2.87. The summed E-state index contributed by atoms with van der Waals surface area (Å²) in [5.74, 6) is 0.294. The van der Waals surface area contributed by atoms with Gasteiger partial charge in [0.05, 0.1) is 6.61 Å². The molecule has 0 radical (unpaired) electrons. The van der Waals surface area contributed by atoms with Crippen molar-refractivity contribution in [2.75, 3.05) is 6.61 Å². The van der Waals surface area contributed by atoms with E-state index in [0.29, 0.717) is 23.5 Å². The van der Waals surface area contributed by atoms with E-state index in [1.165, 1.54) is 12.8 Å². The molecule has 1 atom stereocenters. The molecule has 0 aromatic rings. The van der Waals surface area contributed by atoms with Crippen LogP contribution in [0.25, 0.3) is 0 Å². The minimum atomic E-state index is -0.255. The molecule has 0 spiro atoms. The molecule has 1 saturated carbocycles. The third kappa shape index (κ3) is 3.17. The van der Waals surface area contributed by atoms with Crippen molar-refractivity contribution >= 4 is 5.97 Å². The molecule has 0 saturated heterocycles. The average molecular weight is 196 g/mol. The Kier molecular flexibility index (Phi) is 3.35. The van der Waals surface area contributed by atoms with Gasteiger partial charge in [0.2, 0.25) is 0 Å². The average Bonchev–Trinajstić information content (AvgIpc) is 2.41. The van der Waals surface area contributed by atoms with Crippen molar-refractivity contribution in [3.8, 4) is 0 Å². The van der Waals surface area contributed by atoms with Gasteiger partial charge < -0.3 is 4.74 Å². The molecular formula is C12H20O2. The number of hydrogen-bond acceptors (Lipinski definition) is 2. The Bertz CT molecular complexity index is 241. The predicted octanol–water partition coefficient (Wildman–Crippen LogP) is 2.93. The Balaban J connectivity index is 2.27. The van der Waals surface area contributed by atoms with Gasteiger partial charge in [-0.2, -0.15) is 0 Å². The molecule has 0 aliphatic heterocycles. The second kappa shape index (κ2) is 4.16. The van der Waals surface area contributed by atoms with Gasteiger partial charge in [-0.25, -0.2) is 4.79 Å². The molecule has 80 valence electrons. The molecule has 1 aliphatic rings. The van der Waals surface area contributed by atoms with E-state index in [1.807, 2.05) is 0 Å². The largest absolute Gasteiger partial charge is 0.462 e. The van der Waals surface area contributed by atoms with Crippen LogP contribution in [0, 0.1) is 11.3 Å². The highest BCUT2D eigenvalue weighted by Gasteiger charge is 2.31. The van der Waals surface area contributed by atoms with Gasteiger partial charge in [-0.05, 0) is 37.5 Å². The van der Waals surface area contributed by atoms with E-state index in [0.717, 1.165) is 6.42 Å². The lowest BCUT2D eigenvalue weighted by molar-refractivity contribution is -0.140. The van der Waals surface area contributed by atoms with Gasteiger partial charge in [-0.3, -0.25) is 0 Å². The maximum atomic E-state index is 11.1. The van der Waals surface area contributed by atoms with Gasteiger partial charge >= 0.3 is 5.97 Å². The van der Waals surface area contributed by atoms with Crippen LogP contribution in [0.4, 0.5) is 0 Å². The van der Waals surface area contributed by atoms with Gasteiger partial charge in [-0.1, -0.05) is 20.4 Å². The lowest BCUT2D eigenvalue weighted by Gasteiger charge is -2.17. The molecule has 0 amide bonds. The van der Waals surface area contributed by atoms with E-state index >= 15 is 0 Å². The first kappa shape index (κ1) is 11.3.